The molecule has 1 aromatic rings. The van der Waals surface area contributed by atoms with Crippen LogP contribution in [-0.2, 0) is 10.0 Å². The first-order valence-electron chi connectivity index (χ1n) is 6.10. The molecule has 20 heavy (non-hydrogen) atoms. The van der Waals surface area contributed by atoms with E-state index in [2.05, 4.69) is 20.7 Å². The molecule has 5 nitrogen and oxygen atoms in total. The summed E-state index contributed by atoms with van der Waals surface area (Å²) in [7, 11) is -3.74. The molecule has 108 valence electrons. The van der Waals surface area contributed by atoms with Gasteiger partial charge < -0.3 is 5.11 Å². The van der Waals surface area contributed by atoms with E-state index in [9.17, 15) is 13.2 Å². The number of nitrogens with one attached hydrogen (secondary N) is 1. The summed E-state index contributed by atoms with van der Waals surface area (Å²) in [6, 6.07) is 3.80. The van der Waals surface area contributed by atoms with Gasteiger partial charge in [-0.2, -0.15) is 0 Å². The highest BCUT2D eigenvalue weighted by Crippen LogP contribution is 2.24. The molecule has 2 N–H and O–H groups in total. The summed E-state index contributed by atoms with van der Waals surface area (Å²) >= 11 is 3.15. The largest absolute Gasteiger partial charge is 0.478 e. The molecule has 2 rings (SSSR count). The Balaban J connectivity index is 2.30. The number of hydrogen-bond acceptors (Lipinski definition) is 3. The van der Waals surface area contributed by atoms with E-state index in [0.29, 0.717) is 10.9 Å². The standard InChI is InChI=1S/C13H14BrNO4S/c14-11-7-6-9(13(16)17)8-12(11)20(18,19)15-10-4-2-1-3-5-10/h1-2,6-8,10,15H,3-5H2,(H,16,17). The quantitative estimate of drug-likeness (QED) is 0.809. The molecule has 0 aromatic heterocycles. The fourth-order valence-corrected chi connectivity index (χ4v) is 4.30. The molecule has 0 fully saturated rings. The first-order chi connectivity index (χ1) is 9.40. The number of aromatic carboxylic acids is 1. The topological polar surface area (TPSA) is 83.5 Å². The van der Waals surface area contributed by atoms with Crippen molar-refractivity contribution in [1.29, 1.82) is 0 Å². The van der Waals surface area contributed by atoms with Gasteiger partial charge in [-0.05, 0) is 53.4 Å². The third-order valence-electron chi connectivity index (χ3n) is 3.06. The van der Waals surface area contributed by atoms with Gasteiger partial charge in [-0.15, -0.1) is 0 Å². The SMILES string of the molecule is O=C(O)c1ccc(Br)c(S(=O)(=O)NC2CC=CCC2)c1. The van der Waals surface area contributed by atoms with Gasteiger partial charge in [-0.1, -0.05) is 12.2 Å². The third kappa shape index (κ3) is 3.47. The second-order valence-corrected chi connectivity index (χ2v) is 7.09. The highest BCUT2D eigenvalue weighted by atomic mass is 79.9. The van der Waals surface area contributed by atoms with Gasteiger partial charge in [-0.3, -0.25) is 0 Å². The maximum atomic E-state index is 12.3. The minimum atomic E-state index is -3.74. The van der Waals surface area contributed by atoms with E-state index in [1.807, 2.05) is 12.2 Å². The molecule has 0 amide bonds. The van der Waals surface area contributed by atoms with Crippen molar-refractivity contribution >= 4 is 31.9 Å². The molecule has 0 radical (unpaired) electrons. The number of halogens is 1. The van der Waals surface area contributed by atoms with Crippen LogP contribution in [0.1, 0.15) is 29.6 Å². The molecule has 1 aromatic carbocycles. The van der Waals surface area contributed by atoms with Crippen LogP contribution in [0.3, 0.4) is 0 Å². The van der Waals surface area contributed by atoms with Crippen LogP contribution >= 0.6 is 15.9 Å². The molecule has 0 saturated carbocycles. The fraction of sp³-hybridized carbons (Fsp3) is 0.308. The van der Waals surface area contributed by atoms with Gasteiger partial charge in [0.25, 0.3) is 0 Å². The minimum absolute atomic E-state index is 0.0491. The molecule has 1 aliphatic carbocycles. The van der Waals surface area contributed by atoms with Crippen molar-refractivity contribution in [2.45, 2.75) is 30.2 Å². The molecule has 0 bridgehead atoms. The zero-order valence-corrected chi connectivity index (χ0v) is 12.9. The number of rotatable bonds is 4. The Morgan fingerprint density at radius 1 is 1.35 bits per heavy atom. The van der Waals surface area contributed by atoms with Crippen LogP contribution < -0.4 is 4.72 Å². The van der Waals surface area contributed by atoms with Gasteiger partial charge in [0.05, 0.1) is 10.5 Å². The van der Waals surface area contributed by atoms with Gasteiger partial charge in [0.1, 0.15) is 0 Å². The van der Waals surface area contributed by atoms with E-state index in [4.69, 9.17) is 5.11 Å². The summed E-state index contributed by atoms with van der Waals surface area (Å²) in [6.07, 6.45) is 6.19. The monoisotopic (exact) mass is 359 g/mol. The van der Waals surface area contributed by atoms with Gasteiger partial charge in [0.15, 0.2) is 0 Å². The summed E-state index contributed by atoms with van der Waals surface area (Å²) in [5.41, 5.74) is -0.0582. The average molecular weight is 360 g/mol. The first-order valence-corrected chi connectivity index (χ1v) is 8.38. The minimum Gasteiger partial charge on any atom is -0.478 e. The second kappa shape index (κ2) is 6.07. The lowest BCUT2D eigenvalue weighted by Gasteiger charge is -2.19. The van der Waals surface area contributed by atoms with E-state index >= 15 is 0 Å². The number of allylic oxidation sites excluding steroid dienone is 1. The van der Waals surface area contributed by atoms with Crippen LogP contribution in [-0.4, -0.2) is 25.5 Å². The normalized spacial score (nSPS) is 18.9. The number of benzene rings is 1. The van der Waals surface area contributed by atoms with Crippen LogP contribution in [0.2, 0.25) is 0 Å². The Morgan fingerprint density at radius 2 is 2.10 bits per heavy atom. The number of carboxylic acids is 1. The summed E-state index contributed by atoms with van der Waals surface area (Å²) in [5, 5.41) is 8.95. The highest BCUT2D eigenvalue weighted by molar-refractivity contribution is 9.10. The number of carboxylic acid groups (broad SMARTS) is 1. The van der Waals surface area contributed by atoms with Crippen molar-refractivity contribution in [3.05, 3.63) is 40.4 Å². The molecule has 7 heteroatoms. The van der Waals surface area contributed by atoms with E-state index in [1.165, 1.54) is 12.1 Å². The maximum Gasteiger partial charge on any atom is 0.335 e. The van der Waals surface area contributed by atoms with Crippen molar-refractivity contribution in [1.82, 2.24) is 4.72 Å². The lowest BCUT2D eigenvalue weighted by molar-refractivity contribution is 0.0696. The third-order valence-corrected chi connectivity index (χ3v) is 5.57. The highest BCUT2D eigenvalue weighted by Gasteiger charge is 2.23. The van der Waals surface area contributed by atoms with Gasteiger partial charge >= 0.3 is 5.97 Å². The van der Waals surface area contributed by atoms with Crippen LogP contribution in [0, 0.1) is 0 Å². The van der Waals surface area contributed by atoms with Gasteiger partial charge in [0, 0.05) is 10.5 Å². The van der Waals surface area contributed by atoms with E-state index in [1.54, 1.807) is 0 Å². The Bertz CT molecular complexity index is 654. The lowest BCUT2D eigenvalue weighted by Crippen LogP contribution is -2.35. The zero-order chi connectivity index (χ0) is 14.8. The van der Waals surface area contributed by atoms with E-state index in [-0.39, 0.29) is 16.5 Å². The van der Waals surface area contributed by atoms with Crippen LogP contribution in [0.5, 0.6) is 0 Å². The predicted molar refractivity (Wildman–Crippen MR) is 78.2 cm³/mol. The predicted octanol–water partition coefficient (Wildman–Crippen LogP) is 2.53. The molecule has 0 aliphatic heterocycles. The Kier molecular flexibility index (Phi) is 4.62. The van der Waals surface area contributed by atoms with Crippen molar-refractivity contribution in [2.75, 3.05) is 0 Å². The summed E-state index contributed by atoms with van der Waals surface area (Å²) in [6.45, 7) is 0. The maximum absolute atomic E-state index is 12.3. The molecule has 1 unspecified atom stereocenters. The van der Waals surface area contributed by atoms with E-state index in [0.717, 1.165) is 18.9 Å². The summed E-state index contributed by atoms with van der Waals surface area (Å²) in [5.74, 6) is -1.16. The van der Waals surface area contributed by atoms with Crippen molar-refractivity contribution < 1.29 is 18.3 Å². The molecular formula is C13H14BrNO4S. The first kappa shape index (κ1) is 15.2. The van der Waals surface area contributed by atoms with Gasteiger partial charge in [-0.25, -0.2) is 17.9 Å². The van der Waals surface area contributed by atoms with Crippen molar-refractivity contribution in [3.63, 3.8) is 0 Å². The Morgan fingerprint density at radius 3 is 2.70 bits per heavy atom. The number of hydrogen-bond donors (Lipinski definition) is 2. The smallest absolute Gasteiger partial charge is 0.335 e. The van der Waals surface area contributed by atoms with E-state index < -0.39 is 16.0 Å². The van der Waals surface area contributed by atoms with Crippen molar-refractivity contribution in [2.24, 2.45) is 0 Å². The summed E-state index contributed by atoms with van der Waals surface area (Å²) in [4.78, 5) is 10.9. The number of carbonyl (C=O) groups is 1. The molecule has 1 atom stereocenters. The molecule has 0 saturated heterocycles. The molecular weight excluding hydrogens is 346 g/mol. The molecule has 0 spiro atoms. The average Bonchev–Trinajstić information content (AvgIpc) is 2.39. The zero-order valence-electron chi connectivity index (χ0n) is 10.5. The Hall–Kier alpha value is -1.18. The second-order valence-electron chi connectivity index (χ2n) is 4.55. The molecule has 0 heterocycles. The van der Waals surface area contributed by atoms with Gasteiger partial charge in [0.2, 0.25) is 10.0 Å². The summed E-state index contributed by atoms with van der Waals surface area (Å²) < 4.78 is 27.6. The van der Waals surface area contributed by atoms with Crippen molar-refractivity contribution in [3.8, 4) is 0 Å². The molecule has 1 aliphatic rings. The fourth-order valence-electron chi connectivity index (χ4n) is 2.03. The van der Waals surface area contributed by atoms with Crippen LogP contribution in [0.25, 0.3) is 0 Å². The lowest BCUT2D eigenvalue weighted by atomic mass is 10.0. The van der Waals surface area contributed by atoms with Crippen LogP contribution in [0.15, 0.2) is 39.7 Å². The Labute approximate surface area is 125 Å². The number of sulfonamides is 1. The van der Waals surface area contributed by atoms with Crippen LogP contribution in [0.4, 0.5) is 0 Å².